The number of carbonyl (C=O) groups is 2. The van der Waals surface area contributed by atoms with Gasteiger partial charge >= 0.3 is 0 Å². The molecule has 1 aliphatic heterocycles. The number of hydrogen-bond acceptors (Lipinski definition) is 5. The fourth-order valence-electron chi connectivity index (χ4n) is 4.40. The van der Waals surface area contributed by atoms with Crippen LogP contribution in [0.25, 0.3) is 0 Å². The van der Waals surface area contributed by atoms with E-state index in [1.807, 2.05) is 19.1 Å². The molecule has 0 saturated carbocycles. The van der Waals surface area contributed by atoms with E-state index in [0.29, 0.717) is 24.5 Å². The van der Waals surface area contributed by atoms with E-state index >= 15 is 0 Å². The first-order valence-electron chi connectivity index (χ1n) is 13.1. The number of amides is 2. The Morgan fingerprint density at radius 2 is 1.69 bits per heavy atom. The van der Waals surface area contributed by atoms with E-state index in [9.17, 15) is 18.0 Å². The lowest BCUT2D eigenvalue weighted by Crippen LogP contribution is -2.38. The molecule has 2 N–H and O–H groups in total. The number of carbonyl (C=O) groups excluding carboxylic acids is 2. The van der Waals surface area contributed by atoms with Crippen molar-refractivity contribution in [1.82, 2.24) is 5.32 Å². The third kappa shape index (κ3) is 7.04. The minimum absolute atomic E-state index is 0.0154. The fraction of sp³-hybridized carbons (Fsp3) is 0.333. The summed E-state index contributed by atoms with van der Waals surface area (Å²) in [5, 5.41) is 5.61. The standard InChI is InChI=1S/C30H35N3O5S/c1-21(2)23-12-14-24(15-13-23)33(39(36,37)26-16-10-22(3)11-17-26)20-29(34)32-28-9-5-4-8-27(28)30(35)31-19-25-7-6-18-38-25/h4-5,8-17,21,25H,6-7,18-20H2,1-3H3,(H,31,35)(H,32,34)/t25-/m0/s1. The number of nitrogens with zero attached hydrogens (tertiary/aromatic N) is 1. The van der Waals surface area contributed by atoms with E-state index in [1.54, 1.807) is 48.5 Å². The number of sulfonamides is 1. The number of benzene rings is 3. The van der Waals surface area contributed by atoms with E-state index in [4.69, 9.17) is 4.74 Å². The van der Waals surface area contributed by atoms with Gasteiger partial charge in [-0.1, -0.05) is 55.8 Å². The molecule has 4 rings (SSSR count). The van der Waals surface area contributed by atoms with Gasteiger partial charge in [-0.25, -0.2) is 8.42 Å². The molecule has 1 aliphatic rings. The minimum atomic E-state index is -4.06. The predicted octanol–water partition coefficient (Wildman–Crippen LogP) is 4.86. The molecule has 0 bridgehead atoms. The molecule has 3 aromatic carbocycles. The molecule has 0 unspecified atom stereocenters. The number of hydrogen-bond donors (Lipinski definition) is 2. The SMILES string of the molecule is Cc1ccc(S(=O)(=O)N(CC(=O)Nc2ccccc2C(=O)NC[C@@H]2CCCO2)c2ccc(C(C)C)cc2)cc1. The third-order valence-electron chi connectivity index (χ3n) is 6.70. The summed E-state index contributed by atoms with van der Waals surface area (Å²) in [7, 11) is -4.06. The van der Waals surface area contributed by atoms with Gasteiger partial charge in [-0.05, 0) is 67.6 Å². The summed E-state index contributed by atoms with van der Waals surface area (Å²) in [5.74, 6) is -0.639. The first-order chi connectivity index (χ1) is 18.6. The van der Waals surface area contributed by atoms with Crippen LogP contribution in [0.1, 0.15) is 54.1 Å². The van der Waals surface area contributed by atoms with Crippen LogP contribution in [0.5, 0.6) is 0 Å². The number of rotatable bonds is 10. The lowest BCUT2D eigenvalue weighted by atomic mass is 10.0. The Labute approximate surface area is 230 Å². The monoisotopic (exact) mass is 549 g/mol. The van der Waals surface area contributed by atoms with Gasteiger partial charge < -0.3 is 15.4 Å². The molecule has 1 saturated heterocycles. The molecule has 3 aromatic rings. The molecule has 39 heavy (non-hydrogen) atoms. The summed E-state index contributed by atoms with van der Waals surface area (Å²) in [6.45, 7) is 6.59. The van der Waals surface area contributed by atoms with Crippen LogP contribution < -0.4 is 14.9 Å². The molecule has 1 fully saturated rings. The van der Waals surface area contributed by atoms with Gasteiger partial charge in [0.25, 0.3) is 15.9 Å². The van der Waals surface area contributed by atoms with Crippen LogP contribution in [0.2, 0.25) is 0 Å². The Kier molecular flexibility index (Phi) is 9.04. The summed E-state index contributed by atoms with van der Waals surface area (Å²) >= 11 is 0. The first kappa shape index (κ1) is 28.3. The number of para-hydroxylation sites is 1. The van der Waals surface area contributed by atoms with Crippen LogP contribution >= 0.6 is 0 Å². The summed E-state index contributed by atoms with van der Waals surface area (Å²) in [4.78, 5) is 26.2. The van der Waals surface area contributed by atoms with E-state index in [2.05, 4.69) is 24.5 Å². The summed E-state index contributed by atoms with van der Waals surface area (Å²) in [6.07, 6.45) is 1.84. The summed E-state index contributed by atoms with van der Waals surface area (Å²) in [6, 6.07) is 20.3. The molecule has 0 aliphatic carbocycles. The van der Waals surface area contributed by atoms with E-state index in [0.717, 1.165) is 28.3 Å². The quantitative estimate of drug-likeness (QED) is 0.376. The maximum Gasteiger partial charge on any atom is 0.264 e. The zero-order valence-electron chi connectivity index (χ0n) is 22.5. The number of nitrogens with one attached hydrogen (secondary N) is 2. The van der Waals surface area contributed by atoms with E-state index in [-0.39, 0.29) is 28.4 Å². The van der Waals surface area contributed by atoms with Gasteiger partial charge in [-0.3, -0.25) is 13.9 Å². The van der Waals surface area contributed by atoms with Gasteiger partial charge in [-0.15, -0.1) is 0 Å². The van der Waals surface area contributed by atoms with Crippen molar-refractivity contribution >= 4 is 33.2 Å². The average Bonchev–Trinajstić information content (AvgIpc) is 3.45. The molecular weight excluding hydrogens is 514 g/mol. The van der Waals surface area contributed by atoms with Gasteiger partial charge in [0.15, 0.2) is 0 Å². The van der Waals surface area contributed by atoms with Crippen molar-refractivity contribution in [2.45, 2.75) is 50.5 Å². The number of ether oxygens (including phenoxy) is 1. The molecule has 206 valence electrons. The normalized spacial score (nSPS) is 15.2. The second-order valence-corrected chi connectivity index (χ2v) is 11.9. The highest BCUT2D eigenvalue weighted by Crippen LogP contribution is 2.26. The van der Waals surface area contributed by atoms with Crippen LogP contribution in [0.15, 0.2) is 77.7 Å². The molecule has 8 nitrogen and oxygen atoms in total. The maximum absolute atomic E-state index is 13.7. The molecule has 1 atom stereocenters. The van der Waals surface area contributed by atoms with Crippen LogP contribution in [0.3, 0.4) is 0 Å². The highest BCUT2D eigenvalue weighted by Gasteiger charge is 2.28. The number of anilines is 2. The lowest BCUT2D eigenvalue weighted by molar-refractivity contribution is -0.114. The number of aryl methyl sites for hydroxylation is 1. The zero-order chi connectivity index (χ0) is 28.0. The van der Waals surface area contributed by atoms with Gasteiger partial charge in [0.05, 0.1) is 27.9 Å². The van der Waals surface area contributed by atoms with Crippen molar-refractivity contribution in [2.75, 3.05) is 29.3 Å². The maximum atomic E-state index is 13.7. The van der Waals surface area contributed by atoms with Gasteiger partial charge in [0.2, 0.25) is 5.91 Å². The predicted molar refractivity (Wildman–Crippen MR) is 153 cm³/mol. The first-order valence-corrected chi connectivity index (χ1v) is 14.6. The highest BCUT2D eigenvalue weighted by atomic mass is 32.2. The van der Waals surface area contributed by atoms with Crippen molar-refractivity contribution in [3.63, 3.8) is 0 Å². The zero-order valence-corrected chi connectivity index (χ0v) is 23.3. The van der Waals surface area contributed by atoms with Crippen molar-refractivity contribution in [2.24, 2.45) is 0 Å². The van der Waals surface area contributed by atoms with Crippen molar-refractivity contribution in [3.05, 3.63) is 89.5 Å². The van der Waals surface area contributed by atoms with Crippen LogP contribution in [-0.4, -0.2) is 46.0 Å². The van der Waals surface area contributed by atoms with Gasteiger partial charge in [-0.2, -0.15) is 0 Å². The van der Waals surface area contributed by atoms with Gasteiger partial charge in [0.1, 0.15) is 6.54 Å². The molecule has 1 heterocycles. The van der Waals surface area contributed by atoms with Crippen LogP contribution in [0, 0.1) is 6.92 Å². The molecule has 0 spiro atoms. The van der Waals surface area contributed by atoms with Crippen molar-refractivity contribution in [1.29, 1.82) is 0 Å². The molecule has 2 amide bonds. The second kappa shape index (κ2) is 12.4. The Morgan fingerprint density at radius 1 is 1.00 bits per heavy atom. The highest BCUT2D eigenvalue weighted by molar-refractivity contribution is 7.92. The fourth-order valence-corrected chi connectivity index (χ4v) is 5.82. The molecular formula is C30H35N3O5S. The third-order valence-corrected chi connectivity index (χ3v) is 8.49. The van der Waals surface area contributed by atoms with E-state index in [1.165, 1.54) is 12.1 Å². The Bertz CT molecular complexity index is 1400. The van der Waals surface area contributed by atoms with Crippen LogP contribution in [-0.2, 0) is 19.6 Å². The molecule has 0 aromatic heterocycles. The summed E-state index contributed by atoms with van der Waals surface area (Å²) in [5.41, 5.74) is 2.94. The van der Waals surface area contributed by atoms with Crippen molar-refractivity contribution < 1.29 is 22.7 Å². The van der Waals surface area contributed by atoms with Crippen molar-refractivity contribution in [3.8, 4) is 0 Å². The smallest absolute Gasteiger partial charge is 0.264 e. The molecule has 9 heteroatoms. The minimum Gasteiger partial charge on any atom is -0.376 e. The second-order valence-electron chi connectivity index (χ2n) is 10.0. The van der Waals surface area contributed by atoms with E-state index < -0.39 is 22.5 Å². The Morgan fingerprint density at radius 3 is 2.33 bits per heavy atom. The Hall–Kier alpha value is -3.69. The topological polar surface area (TPSA) is 105 Å². The largest absolute Gasteiger partial charge is 0.376 e. The van der Waals surface area contributed by atoms with Gasteiger partial charge in [0, 0.05) is 13.2 Å². The molecule has 0 radical (unpaired) electrons. The average molecular weight is 550 g/mol. The Balaban J connectivity index is 1.57. The van der Waals surface area contributed by atoms with Crippen LogP contribution in [0.4, 0.5) is 11.4 Å². The summed E-state index contributed by atoms with van der Waals surface area (Å²) < 4.78 is 34.1. The lowest BCUT2D eigenvalue weighted by Gasteiger charge is -2.25.